The summed E-state index contributed by atoms with van der Waals surface area (Å²) in [6.07, 6.45) is 2.38. The Hall–Kier alpha value is -4.60. The number of amides is 2. The number of fused-ring (bicyclic) bond motifs is 2. The fourth-order valence-corrected chi connectivity index (χ4v) is 3.56. The van der Waals surface area contributed by atoms with E-state index in [-0.39, 0.29) is 23.6 Å². The Balaban J connectivity index is 1.38. The van der Waals surface area contributed by atoms with Crippen molar-refractivity contribution in [2.75, 3.05) is 10.6 Å². The lowest BCUT2D eigenvalue weighted by atomic mass is 10.2. The van der Waals surface area contributed by atoms with Crippen LogP contribution in [0.1, 0.15) is 16.1 Å². The van der Waals surface area contributed by atoms with E-state index in [1.165, 1.54) is 6.20 Å². The number of H-pyrrole nitrogens is 2. The van der Waals surface area contributed by atoms with Crippen molar-refractivity contribution >= 4 is 45.8 Å². The van der Waals surface area contributed by atoms with Crippen molar-refractivity contribution in [3.8, 4) is 5.75 Å². The molecular weight excluding hydrogens is 410 g/mol. The molecule has 0 aliphatic heterocycles. The summed E-state index contributed by atoms with van der Waals surface area (Å²) in [6, 6.07) is 12.9. The Morgan fingerprint density at radius 2 is 1.97 bits per heavy atom. The number of rotatable bonds is 4. The van der Waals surface area contributed by atoms with Gasteiger partial charge < -0.3 is 19.3 Å². The number of aromatic amines is 2. The Labute approximate surface area is 181 Å². The number of hydrogen-bond acceptors (Lipinski definition) is 5. The van der Waals surface area contributed by atoms with Crippen molar-refractivity contribution in [2.45, 2.75) is 6.92 Å². The molecule has 2 aromatic carbocycles. The standard InChI is InChI=1S/C22H19N7O3/c1-12-6-7-15-13(10-12)11-16(29(15)2)19(30)27-21-25-14-4-3-5-17(18(14)26-21)32-22(31)28-20-23-8-9-24-20/h3-11H,1-2H3,(H2,23,24,28,31)(H2,25,26,27,30). The van der Waals surface area contributed by atoms with Crippen LogP contribution in [0.2, 0.25) is 0 Å². The minimum Gasteiger partial charge on any atom is -0.408 e. The Bertz CT molecular complexity index is 1460. The molecule has 0 aliphatic rings. The normalized spacial score (nSPS) is 11.1. The van der Waals surface area contributed by atoms with Gasteiger partial charge in [-0.25, -0.2) is 14.8 Å². The summed E-state index contributed by atoms with van der Waals surface area (Å²) in [5, 5.41) is 6.25. The third-order valence-corrected chi connectivity index (χ3v) is 5.06. The van der Waals surface area contributed by atoms with Gasteiger partial charge in [0.25, 0.3) is 5.91 Å². The smallest absolute Gasteiger partial charge is 0.408 e. The van der Waals surface area contributed by atoms with Crippen LogP contribution in [0.5, 0.6) is 5.75 Å². The van der Waals surface area contributed by atoms with Crippen LogP contribution in [0.4, 0.5) is 16.7 Å². The molecule has 4 N–H and O–H groups in total. The summed E-state index contributed by atoms with van der Waals surface area (Å²) >= 11 is 0. The van der Waals surface area contributed by atoms with Gasteiger partial charge in [0.05, 0.1) is 5.52 Å². The van der Waals surface area contributed by atoms with Gasteiger partial charge in [0.15, 0.2) is 5.75 Å². The number of aromatic nitrogens is 5. The first-order valence-electron chi connectivity index (χ1n) is 9.82. The van der Waals surface area contributed by atoms with Gasteiger partial charge in [0, 0.05) is 30.3 Å². The molecule has 32 heavy (non-hydrogen) atoms. The minimum absolute atomic E-state index is 0.244. The van der Waals surface area contributed by atoms with Crippen LogP contribution in [0.3, 0.4) is 0 Å². The molecule has 0 atom stereocenters. The predicted molar refractivity (Wildman–Crippen MR) is 120 cm³/mol. The maximum absolute atomic E-state index is 12.9. The van der Waals surface area contributed by atoms with Crippen LogP contribution in [-0.2, 0) is 7.05 Å². The average Bonchev–Trinajstić information content (AvgIpc) is 3.47. The van der Waals surface area contributed by atoms with E-state index < -0.39 is 6.09 Å². The zero-order valence-electron chi connectivity index (χ0n) is 17.3. The molecule has 0 saturated heterocycles. The summed E-state index contributed by atoms with van der Waals surface area (Å²) in [5.74, 6) is 0.469. The molecule has 10 nitrogen and oxygen atoms in total. The highest BCUT2D eigenvalue weighted by Crippen LogP contribution is 2.26. The quantitative estimate of drug-likeness (QED) is 0.344. The minimum atomic E-state index is -0.710. The maximum Gasteiger partial charge on any atom is 0.419 e. The molecule has 160 valence electrons. The van der Waals surface area contributed by atoms with Crippen molar-refractivity contribution in [1.82, 2.24) is 24.5 Å². The Morgan fingerprint density at radius 3 is 2.78 bits per heavy atom. The first-order chi connectivity index (χ1) is 15.5. The molecule has 5 aromatic rings. The van der Waals surface area contributed by atoms with Gasteiger partial charge in [-0.1, -0.05) is 17.7 Å². The highest BCUT2D eigenvalue weighted by molar-refractivity contribution is 6.06. The van der Waals surface area contributed by atoms with Gasteiger partial charge in [-0.05, 0) is 37.3 Å². The number of ether oxygens (including phenoxy) is 1. The fourth-order valence-electron chi connectivity index (χ4n) is 3.56. The molecule has 0 spiro atoms. The van der Waals surface area contributed by atoms with Gasteiger partial charge in [-0.3, -0.25) is 15.4 Å². The van der Waals surface area contributed by atoms with E-state index in [1.807, 2.05) is 42.8 Å². The van der Waals surface area contributed by atoms with Crippen molar-refractivity contribution in [1.29, 1.82) is 0 Å². The van der Waals surface area contributed by atoms with Crippen molar-refractivity contribution < 1.29 is 14.3 Å². The van der Waals surface area contributed by atoms with E-state index in [0.717, 1.165) is 16.5 Å². The van der Waals surface area contributed by atoms with Gasteiger partial charge in [0.1, 0.15) is 11.2 Å². The summed E-state index contributed by atoms with van der Waals surface area (Å²) in [4.78, 5) is 39.1. The second kappa shape index (κ2) is 7.58. The first kappa shape index (κ1) is 19.4. The molecule has 0 aliphatic carbocycles. The van der Waals surface area contributed by atoms with E-state index in [1.54, 1.807) is 24.4 Å². The molecule has 0 radical (unpaired) electrons. The molecule has 0 unspecified atom stereocenters. The average molecular weight is 429 g/mol. The molecule has 0 saturated carbocycles. The number of anilines is 2. The molecule has 0 fully saturated rings. The number of aryl methyl sites for hydroxylation is 2. The lowest BCUT2D eigenvalue weighted by Gasteiger charge is -2.05. The second-order valence-corrected chi connectivity index (χ2v) is 7.29. The molecule has 5 rings (SSSR count). The van der Waals surface area contributed by atoms with Crippen LogP contribution in [0.25, 0.3) is 21.9 Å². The molecule has 10 heteroatoms. The summed E-state index contributed by atoms with van der Waals surface area (Å²) < 4.78 is 7.21. The fraction of sp³-hybridized carbons (Fsp3) is 0.0909. The number of imidazole rings is 2. The highest BCUT2D eigenvalue weighted by Gasteiger charge is 2.17. The Morgan fingerprint density at radius 1 is 1.09 bits per heavy atom. The van der Waals surface area contributed by atoms with Crippen molar-refractivity contribution in [2.24, 2.45) is 7.05 Å². The van der Waals surface area contributed by atoms with E-state index in [2.05, 4.69) is 30.6 Å². The zero-order valence-corrected chi connectivity index (χ0v) is 17.3. The van der Waals surface area contributed by atoms with Crippen LogP contribution in [0, 0.1) is 6.92 Å². The number of para-hydroxylation sites is 1. The van der Waals surface area contributed by atoms with Gasteiger partial charge in [0.2, 0.25) is 11.9 Å². The largest absolute Gasteiger partial charge is 0.419 e. The number of hydrogen-bond donors (Lipinski definition) is 4. The zero-order chi connectivity index (χ0) is 22.2. The van der Waals surface area contributed by atoms with Crippen LogP contribution >= 0.6 is 0 Å². The summed E-state index contributed by atoms with van der Waals surface area (Å²) in [5.41, 5.74) is 3.60. The van der Waals surface area contributed by atoms with Gasteiger partial charge >= 0.3 is 6.09 Å². The van der Waals surface area contributed by atoms with E-state index in [9.17, 15) is 9.59 Å². The lowest BCUT2D eigenvalue weighted by Crippen LogP contribution is -2.17. The van der Waals surface area contributed by atoms with E-state index >= 15 is 0 Å². The molecular formula is C22H19N7O3. The van der Waals surface area contributed by atoms with Gasteiger partial charge in [-0.15, -0.1) is 0 Å². The third kappa shape index (κ3) is 3.54. The number of carbonyl (C=O) groups excluding carboxylic acids is 2. The molecule has 3 aromatic heterocycles. The third-order valence-electron chi connectivity index (χ3n) is 5.06. The van der Waals surface area contributed by atoms with E-state index in [0.29, 0.717) is 16.7 Å². The monoisotopic (exact) mass is 429 g/mol. The number of nitrogens with one attached hydrogen (secondary N) is 4. The molecule has 2 amide bonds. The SMILES string of the molecule is Cc1ccc2c(c1)cc(C(=O)Nc1nc3cccc(OC(=O)Nc4ncc[nH]4)c3[nH]1)n2C. The molecule has 3 heterocycles. The second-order valence-electron chi connectivity index (χ2n) is 7.29. The summed E-state index contributed by atoms with van der Waals surface area (Å²) in [6.45, 7) is 2.01. The van der Waals surface area contributed by atoms with Crippen molar-refractivity contribution in [3.05, 3.63) is 66.1 Å². The van der Waals surface area contributed by atoms with E-state index in [4.69, 9.17) is 4.74 Å². The predicted octanol–water partition coefficient (Wildman–Crippen LogP) is 3.95. The molecule has 0 bridgehead atoms. The van der Waals surface area contributed by atoms with Crippen LogP contribution in [-0.4, -0.2) is 36.5 Å². The van der Waals surface area contributed by atoms with Crippen LogP contribution in [0.15, 0.2) is 54.9 Å². The number of benzene rings is 2. The lowest BCUT2D eigenvalue weighted by molar-refractivity contribution is 0.101. The number of carbonyl (C=O) groups is 2. The topological polar surface area (TPSA) is 130 Å². The maximum atomic E-state index is 12.9. The van der Waals surface area contributed by atoms with Crippen molar-refractivity contribution in [3.63, 3.8) is 0 Å². The first-order valence-corrected chi connectivity index (χ1v) is 9.82. The highest BCUT2D eigenvalue weighted by atomic mass is 16.6. The van der Waals surface area contributed by atoms with Crippen LogP contribution < -0.4 is 15.4 Å². The van der Waals surface area contributed by atoms with Gasteiger partial charge in [-0.2, -0.15) is 0 Å². The Kier molecular flexibility index (Phi) is 4.59. The summed E-state index contributed by atoms with van der Waals surface area (Å²) in [7, 11) is 1.84. The number of nitrogens with zero attached hydrogens (tertiary/aromatic N) is 3.